The lowest BCUT2D eigenvalue weighted by atomic mass is 10.0. The zero-order chi connectivity index (χ0) is 24.5. The third kappa shape index (κ3) is 5.76. The zero-order valence-corrected chi connectivity index (χ0v) is 19.0. The van der Waals surface area contributed by atoms with Crippen LogP contribution in [0.25, 0.3) is 16.9 Å². The number of benzene rings is 1. The number of nitrogens with zero attached hydrogens (tertiary/aromatic N) is 3. The van der Waals surface area contributed by atoms with Gasteiger partial charge in [-0.25, -0.2) is 4.98 Å². The molecule has 1 N–H and O–H groups in total. The predicted octanol–water partition coefficient (Wildman–Crippen LogP) is 5.83. The molecule has 0 amide bonds. The largest absolute Gasteiger partial charge is 0.491 e. The molecule has 0 saturated heterocycles. The maximum Gasteiger partial charge on any atom is 0.389 e. The number of carbonyl (C=O) groups is 1. The van der Waals surface area contributed by atoms with Gasteiger partial charge in [-0.15, -0.1) is 0 Å². The van der Waals surface area contributed by atoms with Gasteiger partial charge in [0.25, 0.3) is 0 Å². The summed E-state index contributed by atoms with van der Waals surface area (Å²) in [5, 5.41) is 12.9. The van der Waals surface area contributed by atoms with Gasteiger partial charge in [-0.1, -0.05) is 5.16 Å². The number of imidazole rings is 1. The number of carbonyl (C=O) groups excluding carboxylic acids is 1. The number of hydrogen-bond acceptors (Lipinski definition) is 5. The summed E-state index contributed by atoms with van der Waals surface area (Å²) in [6.45, 7) is 3.74. The zero-order valence-electron chi connectivity index (χ0n) is 19.0. The molecular formula is C25H26F3N3O3. The van der Waals surface area contributed by atoms with E-state index < -0.39 is 24.8 Å². The van der Waals surface area contributed by atoms with Gasteiger partial charge in [-0.2, -0.15) is 13.2 Å². The molecule has 0 aliphatic heterocycles. The van der Waals surface area contributed by atoms with Crippen LogP contribution in [0.15, 0.2) is 47.9 Å². The Kier molecular flexibility index (Phi) is 6.63. The molecule has 2 aromatic heterocycles. The van der Waals surface area contributed by atoms with Gasteiger partial charge in [0.2, 0.25) is 0 Å². The van der Waals surface area contributed by atoms with E-state index in [0.29, 0.717) is 22.7 Å². The monoisotopic (exact) mass is 473 g/mol. The first-order valence-electron chi connectivity index (χ1n) is 11.2. The molecule has 1 aliphatic rings. The molecule has 3 aromatic rings. The van der Waals surface area contributed by atoms with E-state index in [2.05, 4.69) is 10.1 Å². The summed E-state index contributed by atoms with van der Waals surface area (Å²) < 4.78 is 45.2. The molecule has 9 heteroatoms. The lowest BCUT2D eigenvalue weighted by Gasteiger charge is -2.14. The van der Waals surface area contributed by atoms with Crippen LogP contribution in [0.2, 0.25) is 0 Å². The first-order valence-corrected chi connectivity index (χ1v) is 11.2. The fourth-order valence-corrected chi connectivity index (χ4v) is 3.93. The fraction of sp³-hybridized carbons (Fsp3) is 0.400. The van der Waals surface area contributed by atoms with Crippen LogP contribution in [0.3, 0.4) is 0 Å². The van der Waals surface area contributed by atoms with Gasteiger partial charge in [0.05, 0.1) is 30.1 Å². The summed E-state index contributed by atoms with van der Waals surface area (Å²) in [6.07, 6.45) is -0.753. The number of fused-ring (bicyclic) bond motifs is 1. The van der Waals surface area contributed by atoms with Crippen molar-refractivity contribution >= 4 is 17.1 Å². The molecule has 34 heavy (non-hydrogen) atoms. The number of alkyl halides is 3. The minimum atomic E-state index is -4.36. The Hall–Kier alpha value is -3.36. The van der Waals surface area contributed by atoms with E-state index >= 15 is 0 Å². The van der Waals surface area contributed by atoms with Gasteiger partial charge < -0.3 is 9.94 Å². The Bertz CT molecular complexity index is 1230. The third-order valence-corrected chi connectivity index (χ3v) is 5.60. The minimum absolute atomic E-state index is 0.114. The highest BCUT2D eigenvalue weighted by molar-refractivity contribution is 6.03. The van der Waals surface area contributed by atoms with Crippen LogP contribution < -0.4 is 4.74 Å². The standard InChI is InChI=1S/C25H26F3N3O3/c1-15(2)34-21-11-16(10-20(32)5-7-25(26,27)28)9-19(12-21)22-14-29-23-13-18(6-8-31(22)23)24(30-33)17-3-4-17/h6,8-9,11-15,17,33H,3-5,7,10H2,1-2H3. The minimum Gasteiger partial charge on any atom is -0.491 e. The Morgan fingerprint density at radius 1 is 1.26 bits per heavy atom. The van der Waals surface area contributed by atoms with Crippen molar-refractivity contribution in [3.05, 3.63) is 53.9 Å². The molecule has 4 rings (SSSR count). The maximum absolute atomic E-state index is 12.5. The van der Waals surface area contributed by atoms with Crippen LogP contribution in [0.5, 0.6) is 5.75 Å². The van der Waals surface area contributed by atoms with E-state index in [9.17, 15) is 23.2 Å². The van der Waals surface area contributed by atoms with Gasteiger partial charge in [0.1, 0.15) is 17.2 Å². The highest BCUT2D eigenvalue weighted by atomic mass is 19.4. The molecule has 1 aromatic carbocycles. The van der Waals surface area contributed by atoms with Crippen LogP contribution in [0, 0.1) is 5.92 Å². The lowest BCUT2D eigenvalue weighted by Crippen LogP contribution is -2.12. The molecule has 6 nitrogen and oxygen atoms in total. The van der Waals surface area contributed by atoms with E-state index in [4.69, 9.17) is 4.74 Å². The van der Waals surface area contributed by atoms with E-state index in [1.54, 1.807) is 18.3 Å². The molecule has 180 valence electrons. The maximum atomic E-state index is 12.5. The van der Waals surface area contributed by atoms with Crippen molar-refractivity contribution in [2.24, 2.45) is 11.1 Å². The summed E-state index contributed by atoms with van der Waals surface area (Å²) >= 11 is 0. The first-order chi connectivity index (χ1) is 16.1. The number of oxime groups is 1. The van der Waals surface area contributed by atoms with Crippen molar-refractivity contribution in [2.75, 3.05) is 0 Å². The average molecular weight is 473 g/mol. The molecule has 0 unspecified atom stereocenters. The van der Waals surface area contributed by atoms with E-state index in [1.165, 1.54) is 0 Å². The molecular weight excluding hydrogens is 447 g/mol. The first kappa shape index (κ1) is 23.8. The van der Waals surface area contributed by atoms with Gasteiger partial charge >= 0.3 is 6.18 Å². The number of rotatable bonds is 9. The summed E-state index contributed by atoms with van der Waals surface area (Å²) in [4.78, 5) is 16.7. The van der Waals surface area contributed by atoms with Crippen molar-refractivity contribution in [3.63, 3.8) is 0 Å². The van der Waals surface area contributed by atoms with E-state index in [0.717, 1.165) is 29.7 Å². The number of pyridine rings is 1. The number of ether oxygens (including phenoxy) is 1. The van der Waals surface area contributed by atoms with Gasteiger partial charge in [-0.05, 0) is 62.6 Å². The summed E-state index contributed by atoms with van der Waals surface area (Å²) in [5.41, 5.74) is 4.17. The van der Waals surface area contributed by atoms with Crippen molar-refractivity contribution in [3.8, 4) is 17.0 Å². The molecule has 0 spiro atoms. The quantitative estimate of drug-likeness (QED) is 0.241. The number of ketones is 1. The number of hydrogen-bond donors (Lipinski definition) is 1. The number of Topliss-reactive ketones (excluding diaryl/α,β-unsaturated/α-hetero) is 1. The van der Waals surface area contributed by atoms with Gasteiger partial charge in [-0.3, -0.25) is 9.20 Å². The smallest absolute Gasteiger partial charge is 0.389 e. The SMILES string of the molecule is CC(C)Oc1cc(CC(=O)CCC(F)(F)F)cc(-c2cnc3cc(C(=NO)C4CC4)ccn23)c1. The van der Waals surface area contributed by atoms with Crippen molar-refractivity contribution in [2.45, 2.75) is 58.2 Å². The molecule has 2 heterocycles. The van der Waals surface area contributed by atoms with Crippen molar-refractivity contribution in [1.29, 1.82) is 0 Å². The van der Waals surface area contributed by atoms with Crippen LogP contribution in [-0.4, -0.2) is 38.4 Å². The molecule has 0 radical (unpaired) electrons. The molecule has 1 fully saturated rings. The Morgan fingerprint density at radius 2 is 2.03 bits per heavy atom. The summed E-state index contributed by atoms with van der Waals surface area (Å²) in [5.74, 6) is 0.314. The van der Waals surface area contributed by atoms with Crippen LogP contribution in [-0.2, 0) is 11.2 Å². The predicted molar refractivity (Wildman–Crippen MR) is 121 cm³/mol. The molecule has 1 aliphatic carbocycles. The molecule has 0 bridgehead atoms. The second-order valence-corrected chi connectivity index (χ2v) is 8.91. The molecule has 1 saturated carbocycles. The second kappa shape index (κ2) is 9.48. The lowest BCUT2D eigenvalue weighted by molar-refractivity contribution is -0.143. The van der Waals surface area contributed by atoms with Crippen molar-refractivity contribution in [1.82, 2.24) is 9.38 Å². The Balaban J connectivity index is 1.65. The summed E-state index contributed by atoms with van der Waals surface area (Å²) in [6, 6.07) is 9.01. The van der Waals surface area contributed by atoms with Crippen LogP contribution in [0.4, 0.5) is 13.2 Å². The third-order valence-electron chi connectivity index (χ3n) is 5.60. The topological polar surface area (TPSA) is 76.2 Å². The highest BCUT2D eigenvalue weighted by Gasteiger charge is 2.30. The number of aromatic nitrogens is 2. The Morgan fingerprint density at radius 3 is 2.68 bits per heavy atom. The highest BCUT2D eigenvalue weighted by Crippen LogP contribution is 2.34. The fourth-order valence-electron chi connectivity index (χ4n) is 3.93. The van der Waals surface area contributed by atoms with Crippen LogP contribution >= 0.6 is 0 Å². The summed E-state index contributed by atoms with van der Waals surface area (Å²) in [7, 11) is 0. The van der Waals surface area contributed by atoms with Gasteiger partial charge in [0, 0.05) is 36.1 Å². The normalized spacial score (nSPS) is 14.7. The van der Waals surface area contributed by atoms with Gasteiger partial charge in [0.15, 0.2) is 0 Å². The van der Waals surface area contributed by atoms with Crippen LogP contribution in [0.1, 0.15) is 50.7 Å². The average Bonchev–Trinajstić information content (AvgIpc) is 3.49. The van der Waals surface area contributed by atoms with Crippen molar-refractivity contribution < 1.29 is 27.9 Å². The Labute approximate surface area is 195 Å². The second-order valence-electron chi connectivity index (χ2n) is 8.91. The van der Waals surface area contributed by atoms with E-state index in [-0.39, 0.29) is 18.4 Å². The number of halogens is 3. The molecule has 0 atom stereocenters. The van der Waals surface area contributed by atoms with E-state index in [1.807, 2.05) is 42.6 Å².